The second-order valence-electron chi connectivity index (χ2n) is 10.6. The van der Waals surface area contributed by atoms with Gasteiger partial charge in [-0.15, -0.1) is 0 Å². The molecule has 0 aliphatic carbocycles. The number of ether oxygens (including phenoxy) is 2. The van der Waals surface area contributed by atoms with Crippen molar-refractivity contribution in [3.8, 4) is 16.9 Å². The first-order chi connectivity index (χ1) is 20.3. The van der Waals surface area contributed by atoms with Gasteiger partial charge in [0, 0.05) is 62.7 Å². The van der Waals surface area contributed by atoms with Gasteiger partial charge in [0.15, 0.2) is 5.82 Å². The van der Waals surface area contributed by atoms with E-state index in [0.29, 0.717) is 48.9 Å². The lowest BCUT2D eigenvalue weighted by atomic mass is 10.0. The summed E-state index contributed by atoms with van der Waals surface area (Å²) < 4.78 is 42.2. The second-order valence-corrected chi connectivity index (χ2v) is 10.6. The van der Waals surface area contributed by atoms with E-state index in [1.807, 2.05) is 37.3 Å². The van der Waals surface area contributed by atoms with Crippen molar-refractivity contribution in [2.75, 3.05) is 51.9 Å². The molecule has 0 saturated carbocycles. The highest BCUT2D eigenvalue weighted by molar-refractivity contribution is 5.91. The molecule has 2 amide bonds. The van der Waals surface area contributed by atoms with Gasteiger partial charge in [0.2, 0.25) is 5.67 Å². The number of likely N-dealkylation sites (tertiary alicyclic amines) is 1. The molecule has 42 heavy (non-hydrogen) atoms. The molecule has 2 aliphatic rings. The van der Waals surface area contributed by atoms with E-state index in [-0.39, 0.29) is 36.9 Å². The number of methoxy groups -OCH3 is 1. The molecule has 2 atom stereocenters. The van der Waals surface area contributed by atoms with E-state index in [0.717, 1.165) is 5.69 Å². The molecule has 2 aliphatic heterocycles. The van der Waals surface area contributed by atoms with Crippen molar-refractivity contribution in [1.82, 2.24) is 34.5 Å². The Kier molecular flexibility index (Phi) is 7.71. The Morgan fingerprint density at radius 3 is 2.57 bits per heavy atom. The van der Waals surface area contributed by atoms with Crippen LogP contribution in [-0.2, 0) is 15.1 Å². The number of alkyl halides is 1. The highest BCUT2D eigenvalue weighted by Crippen LogP contribution is 2.34. The predicted molar refractivity (Wildman–Crippen MR) is 151 cm³/mol. The van der Waals surface area contributed by atoms with Gasteiger partial charge < -0.3 is 19.4 Å². The van der Waals surface area contributed by atoms with Crippen molar-refractivity contribution >= 4 is 11.8 Å². The monoisotopic (exact) mass is 578 g/mol. The number of hydrogen-bond acceptors (Lipinski definition) is 7. The third-order valence-corrected chi connectivity index (χ3v) is 7.70. The molecule has 0 radical (unpaired) electrons. The molecular weight excluding hydrogens is 546 g/mol. The zero-order chi connectivity index (χ0) is 29.3. The van der Waals surface area contributed by atoms with Crippen LogP contribution in [0.15, 0.2) is 61.2 Å². The van der Waals surface area contributed by atoms with E-state index in [2.05, 4.69) is 25.5 Å². The number of nitrogens with one attached hydrogen (secondary N) is 2. The number of carbonyl (C=O) groups is 1. The first kappa shape index (κ1) is 27.9. The standard InChI is InChI=1S/C29H32F2N8O3/c1-19-25(20-12-32-27(33-13-20)29(31)17-42-18-29)36-39(22-6-4-3-5-7-22)26(19)35-28(40)34-23-15-37(10-11-41-2)16-24(23)38-9-8-21(30)14-38/h3-9,12-14,23-24H,10-11,15-18H2,1-2H3,(H2,34,35,40)/t23-,24-/m1/s1. The van der Waals surface area contributed by atoms with Crippen LogP contribution < -0.4 is 10.6 Å². The quantitative estimate of drug-likeness (QED) is 0.313. The van der Waals surface area contributed by atoms with Crippen LogP contribution in [0, 0.1) is 12.7 Å². The maximum Gasteiger partial charge on any atom is 0.320 e. The molecule has 1 aromatic carbocycles. The summed E-state index contributed by atoms with van der Waals surface area (Å²) in [6, 6.07) is 9.94. The number of nitrogens with zero attached hydrogens (tertiary/aromatic N) is 6. The minimum absolute atomic E-state index is 0.0670. The third-order valence-electron chi connectivity index (χ3n) is 7.70. The van der Waals surface area contributed by atoms with Crippen molar-refractivity contribution in [3.05, 3.63) is 78.4 Å². The number of urea groups is 1. The number of aromatic nitrogens is 5. The summed E-state index contributed by atoms with van der Waals surface area (Å²) in [6.07, 6.45) is 6.19. The summed E-state index contributed by atoms with van der Waals surface area (Å²) in [6.45, 7) is 4.16. The van der Waals surface area contributed by atoms with Gasteiger partial charge in [0.1, 0.15) is 17.3 Å². The van der Waals surface area contributed by atoms with Crippen LogP contribution >= 0.6 is 0 Å². The molecule has 2 N–H and O–H groups in total. The van der Waals surface area contributed by atoms with E-state index in [1.165, 1.54) is 24.7 Å². The lowest BCUT2D eigenvalue weighted by Crippen LogP contribution is -2.43. The van der Waals surface area contributed by atoms with Gasteiger partial charge in [-0.25, -0.2) is 28.2 Å². The SMILES string of the molecule is COCCN1C[C@@H](n2ccc(F)c2)[C@H](NC(=O)Nc2c(C)c(-c3cnc(C4(F)COC4)nc3)nn2-c2ccccc2)C1. The van der Waals surface area contributed by atoms with Crippen LogP contribution in [0.2, 0.25) is 0 Å². The smallest absolute Gasteiger partial charge is 0.320 e. The van der Waals surface area contributed by atoms with Crippen LogP contribution in [0.5, 0.6) is 0 Å². The zero-order valence-electron chi connectivity index (χ0n) is 23.3. The maximum absolute atomic E-state index is 14.7. The Morgan fingerprint density at radius 2 is 1.93 bits per heavy atom. The van der Waals surface area contributed by atoms with Crippen molar-refractivity contribution in [1.29, 1.82) is 0 Å². The van der Waals surface area contributed by atoms with Crippen LogP contribution in [0.1, 0.15) is 17.4 Å². The fourth-order valence-electron chi connectivity index (χ4n) is 5.38. The first-order valence-electron chi connectivity index (χ1n) is 13.7. The number of rotatable bonds is 9. The van der Waals surface area contributed by atoms with Crippen molar-refractivity contribution in [2.24, 2.45) is 0 Å². The van der Waals surface area contributed by atoms with Crippen molar-refractivity contribution in [3.63, 3.8) is 0 Å². The molecule has 2 fully saturated rings. The van der Waals surface area contributed by atoms with Gasteiger partial charge in [0.05, 0.1) is 37.6 Å². The van der Waals surface area contributed by atoms with Crippen LogP contribution in [0.3, 0.4) is 0 Å². The fourth-order valence-corrected chi connectivity index (χ4v) is 5.38. The molecule has 13 heteroatoms. The topological polar surface area (TPSA) is 111 Å². The van der Waals surface area contributed by atoms with Crippen molar-refractivity contribution < 1.29 is 23.0 Å². The minimum Gasteiger partial charge on any atom is -0.383 e. The number of para-hydroxylation sites is 1. The Balaban J connectivity index is 1.26. The molecule has 11 nitrogen and oxygen atoms in total. The van der Waals surface area contributed by atoms with Gasteiger partial charge in [-0.1, -0.05) is 18.2 Å². The Morgan fingerprint density at radius 1 is 1.17 bits per heavy atom. The lowest BCUT2D eigenvalue weighted by molar-refractivity contribution is -0.140. The van der Waals surface area contributed by atoms with Crippen LogP contribution in [-0.4, -0.2) is 87.9 Å². The molecule has 5 heterocycles. The summed E-state index contributed by atoms with van der Waals surface area (Å²) in [5, 5.41) is 10.9. The number of anilines is 1. The molecule has 4 aromatic rings. The van der Waals surface area contributed by atoms with Gasteiger partial charge in [-0.3, -0.25) is 10.2 Å². The number of halogens is 2. The van der Waals surface area contributed by atoms with Crippen LogP contribution in [0.25, 0.3) is 16.9 Å². The number of carbonyl (C=O) groups excluding carboxylic acids is 1. The molecule has 0 spiro atoms. The minimum atomic E-state index is -1.68. The van der Waals surface area contributed by atoms with E-state index in [4.69, 9.17) is 14.6 Å². The van der Waals surface area contributed by atoms with Crippen LogP contribution in [0.4, 0.5) is 19.4 Å². The van der Waals surface area contributed by atoms with Gasteiger partial charge in [0.25, 0.3) is 0 Å². The summed E-state index contributed by atoms with van der Waals surface area (Å²) in [4.78, 5) is 24.1. The van der Waals surface area contributed by atoms with Gasteiger partial charge >= 0.3 is 6.03 Å². The molecule has 0 bridgehead atoms. The normalized spacial score (nSPS) is 19.9. The summed E-state index contributed by atoms with van der Waals surface area (Å²) in [7, 11) is 1.64. The lowest BCUT2D eigenvalue weighted by Gasteiger charge is -2.31. The molecule has 220 valence electrons. The number of hydrogen-bond donors (Lipinski definition) is 2. The van der Waals surface area contributed by atoms with E-state index in [9.17, 15) is 13.6 Å². The predicted octanol–water partition coefficient (Wildman–Crippen LogP) is 3.47. The summed E-state index contributed by atoms with van der Waals surface area (Å²) in [5.41, 5.74) is 0.875. The highest BCUT2D eigenvalue weighted by Gasteiger charge is 2.43. The average molecular weight is 579 g/mol. The Hall–Kier alpha value is -4.20. The Bertz CT molecular complexity index is 1540. The molecule has 2 saturated heterocycles. The summed E-state index contributed by atoms with van der Waals surface area (Å²) in [5.74, 6) is 0.205. The van der Waals surface area contributed by atoms with E-state index >= 15 is 0 Å². The van der Waals surface area contributed by atoms with Gasteiger partial charge in [-0.05, 0) is 25.1 Å². The summed E-state index contributed by atoms with van der Waals surface area (Å²) >= 11 is 0. The second kappa shape index (κ2) is 11.6. The van der Waals surface area contributed by atoms with E-state index in [1.54, 1.807) is 22.6 Å². The average Bonchev–Trinajstić information content (AvgIpc) is 3.68. The molecule has 3 aromatic heterocycles. The first-order valence-corrected chi connectivity index (χ1v) is 13.7. The maximum atomic E-state index is 14.7. The molecule has 0 unspecified atom stereocenters. The highest BCUT2D eigenvalue weighted by atomic mass is 19.1. The Labute approximate surface area is 241 Å². The molecular formula is C29H32F2N8O3. The number of amides is 2. The largest absolute Gasteiger partial charge is 0.383 e. The zero-order valence-corrected chi connectivity index (χ0v) is 23.3. The van der Waals surface area contributed by atoms with E-state index < -0.39 is 11.7 Å². The number of benzene rings is 1. The van der Waals surface area contributed by atoms with Crippen molar-refractivity contribution in [2.45, 2.75) is 24.7 Å². The fraction of sp³-hybridized carbons (Fsp3) is 0.379. The molecule has 6 rings (SSSR count). The third kappa shape index (κ3) is 5.50. The van der Waals surface area contributed by atoms with Gasteiger partial charge in [-0.2, -0.15) is 5.10 Å².